The van der Waals surface area contributed by atoms with Crippen LogP contribution in [-0.4, -0.2) is 18.5 Å². The van der Waals surface area contributed by atoms with Gasteiger partial charge in [-0.2, -0.15) is 0 Å². The van der Waals surface area contributed by atoms with Crippen molar-refractivity contribution in [1.82, 2.24) is 5.32 Å². The minimum Gasteiger partial charge on any atom is -0.482 e. The number of fused-ring (bicyclic) bond motifs is 1. The fraction of sp³-hybridized carbons (Fsp3) is 0.111. The van der Waals surface area contributed by atoms with Gasteiger partial charge in [0.15, 0.2) is 6.61 Å². The molecule has 0 aromatic heterocycles. The molecule has 0 bridgehead atoms. The summed E-state index contributed by atoms with van der Waals surface area (Å²) < 4.78 is 11.3. The highest BCUT2D eigenvalue weighted by Crippen LogP contribution is 2.37. The minimum atomic E-state index is -0.552. The Labute approximate surface area is 196 Å². The molecule has 0 fully saturated rings. The van der Waals surface area contributed by atoms with E-state index in [-0.39, 0.29) is 12.5 Å². The van der Waals surface area contributed by atoms with Crippen molar-refractivity contribution in [3.8, 4) is 11.5 Å². The quantitative estimate of drug-likeness (QED) is 0.284. The average molecular weight is 460 g/mol. The Hall–Kier alpha value is -3.83. The number of hydrogen-bond acceptors (Lipinski definition) is 4. The Balaban J connectivity index is 1.72. The highest BCUT2D eigenvalue weighted by Gasteiger charge is 2.24. The number of halogens is 1. The third-order valence-corrected chi connectivity index (χ3v) is 5.35. The number of amides is 1. The Kier molecular flexibility index (Phi) is 6.91. The zero-order valence-electron chi connectivity index (χ0n) is 18.0. The second-order valence-corrected chi connectivity index (χ2v) is 7.90. The van der Waals surface area contributed by atoms with Crippen molar-refractivity contribution in [2.75, 3.05) is 6.61 Å². The van der Waals surface area contributed by atoms with Crippen molar-refractivity contribution in [1.29, 1.82) is 0 Å². The normalized spacial score (nSPS) is 11.6. The van der Waals surface area contributed by atoms with Crippen molar-refractivity contribution in [2.45, 2.75) is 13.0 Å². The van der Waals surface area contributed by atoms with Crippen LogP contribution in [0.2, 0.25) is 5.02 Å². The summed E-state index contributed by atoms with van der Waals surface area (Å²) in [6.45, 7) is 1.20. The molecule has 0 saturated heterocycles. The van der Waals surface area contributed by atoms with Gasteiger partial charge in [-0.1, -0.05) is 72.3 Å². The molecular formula is C27H22ClNO4. The van der Waals surface area contributed by atoms with Crippen molar-refractivity contribution in [3.05, 3.63) is 107 Å². The lowest BCUT2D eigenvalue weighted by Crippen LogP contribution is -2.28. The number of rotatable bonds is 7. The first-order valence-corrected chi connectivity index (χ1v) is 10.8. The second-order valence-electron chi connectivity index (χ2n) is 7.46. The first kappa shape index (κ1) is 22.4. The van der Waals surface area contributed by atoms with E-state index >= 15 is 0 Å². The van der Waals surface area contributed by atoms with E-state index in [2.05, 4.69) is 5.32 Å². The van der Waals surface area contributed by atoms with Gasteiger partial charge in [-0.3, -0.25) is 4.79 Å². The topological polar surface area (TPSA) is 64.6 Å². The number of hydrogen-bond donors (Lipinski definition) is 1. The zero-order valence-corrected chi connectivity index (χ0v) is 18.7. The molecule has 1 N–H and O–H groups in total. The molecule has 5 nitrogen and oxygen atoms in total. The van der Waals surface area contributed by atoms with E-state index in [1.54, 1.807) is 30.3 Å². The van der Waals surface area contributed by atoms with Crippen LogP contribution in [0.15, 0.2) is 91.0 Å². The lowest BCUT2D eigenvalue weighted by Gasteiger charge is -2.23. The number of esters is 1. The molecule has 1 amide bonds. The van der Waals surface area contributed by atoms with E-state index in [4.69, 9.17) is 21.1 Å². The number of carbonyl (C=O) groups excluding carboxylic acids is 2. The lowest BCUT2D eigenvalue weighted by molar-refractivity contribution is -0.136. The SMILES string of the molecule is CC(=O)N[C@H](c1ccc(Cl)cc1)c1c(OC(=O)COc2ccccc2)ccc2ccccc12. The molecule has 166 valence electrons. The second kappa shape index (κ2) is 10.2. The summed E-state index contributed by atoms with van der Waals surface area (Å²) in [6.07, 6.45) is 0. The highest BCUT2D eigenvalue weighted by atomic mass is 35.5. The van der Waals surface area contributed by atoms with Crippen molar-refractivity contribution < 1.29 is 19.1 Å². The Bertz CT molecular complexity index is 1270. The molecule has 0 aliphatic carbocycles. The third-order valence-electron chi connectivity index (χ3n) is 5.09. The number of benzene rings is 4. The summed E-state index contributed by atoms with van der Waals surface area (Å²) in [6, 6.07) is 27.1. The van der Waals surface area contributed by atoms with E-state index < -0.39 is 12.0 Å². The summed E-state index contributed by atoms with van der Waals surface area (Å²) in [7, 11) is 0. The van der Waals surface area contributed by atoms with Crippen LogP contribution in [0.4, 0.5) is 0 Å². The predicted molar refractivity (Wildman–Crippen MR) is 129 cm³/mol. The van der Waals surface area contributed by atoms with Crippen LogP contribution >= 0.6 is 11.6 Å². The summed E-state index contributed by atoms with van der Waals surface area (Å²) in [5, 5.41) is 5.39. The number of ether oxygens (including phenoxy) is 2. The molecule has 6 heteroatoms. The van der Waals surface area contributed by atoms with Gasteiger partial charge in [0.05, 0.1) is 6.04 Å². The molecule has 1 atom stereocenters. The van der Waals surface area contributed by atoms with Gasteiger partial charge < -0.3 is 14.8 Å². The molecular weight excluding hydrogens is 438 g/mol. The average Bonchev–Trinajstić information content (AvgIpc) is 2.82. The maximum atomic E-state index is 12.6. The van der Waals surface area contributed by atoms with Crippen molar-refractivity contribution in [3.63, 3.8) is 0 Å². The van der Waals surface area contributed by atoms with Gasteiger partial charge in [-0.25, -0.2) is 4.79 Å². The monoisotopic (exact) mass is 459 g/mol. The molecule has 33 heavy (non-hydrogen) atoms. The van der Waals surface area contributed by atoms with E-state index in [1.165, 1.54) is 6.92 Å². The maximum absolute atomic E-state index is 12.6. The van der Waals surface area contributed by atoms with E-state index in [0.717, 1.165) is 16.3 Å². The third kappa shape index (κ3) is 5.51. The van der Waals surface area contributed by atoms with Crippen LogP contribution in [0.3, 0.4) is 0 Å². The fourth-order valence-corrected chi connectivity index (χ4v) is 3.78. The first-order chi connectivity index (χ1) is 16.0. The van der Waals surface area contributed by atoms with Crippen LogP contribution < -0.4 is 14.8 Å². The summed E-state index contributed by atoms with van der Waals surface area (Å²) in [4.78, 5) is 24.8. The van der Waals surface area contributed by atoms with Crippen LogP contribution in [0.5, 0.6) is 11.5 Å². The van der Waals surface area contributed by atoms with Gasteiger partial charge in [0.2, 0.25) is 5.91 Å². The molecule has 4 aromatic carbocycles. The smallest absolute Gasteiger partial charge is 0.349 e. The minimum absolute atomic E-state index is 0.215. The van der Waals surface area contributed by atoms with E-state index in [1.807, 2.05) is 60.7 Å². The van der Waals surface area contributed by atoms with Gasteiger partial charge in [0.1, 0.15) is 11.5 Å². The number of para-hydroxylation sites is 1. The maximum Gasteiger partial charge on any atom is 0.349 e. The lowest BCUT2D eigenvalue weighted by atomic mass is 9.92. The van der Waals surface area contributed by atoms with Gasteiger partial charge in [-0.15, -0.1) is 0 Å². The first-order valence-electron chi connectivity index (χ1n) is 10.4. The van der Waals surface area contributed by atoms with E-state index in [0.29, 0.717) is 22.1 Å². The zero-order chi connectivity index (χ0) is 23.2. The van der Waals surface area contributed by atoms with E-state index in [9.17, 15) is 9.59 Å². The Morgan fingerprint density at radius 2 is 1.58 bits per heavy atom. The summed E-state index contributed by atoms with van der Waals surface area (Å²) in [5.41, 5.74) is 1.49. The molecule has 0 saturated carbocycles. The molecule has 4 rings (SSSR count). The van der Waals surface area contributed by atoms with Gasteiger partial charge >= 0.3 is 5.97 Å². The van der Waals surface area contributed by atoms with Crippen molar-refractivity contribution in [2.24, 2.45) is 0 Å². The summed E-state index contributed by atoms with van der Waals surface area (Å²) in [5.74, 6) is 0.162. The standard InChI is InChI=1S/C27H22ClNO4/c1-18(30)29-27(20-11-14-21(28)15-12-20)26-23-10-6-5-7-19(23)13-16-24(26)33-25(31)17-32-22-8-3-2-4-9-22/h2-16,27H,17H2,1H3,(H,29,30)/t27-/m1/s1. The fourth-order valence-electron chi connectivity index (χ4n) is 3.65. The molecule has 4 aromatic rings. The largest absolute Gasteiger partial charge is 0.482 e. The summed E-state index contributed by atoms with van der Waals surface area (Å²) >= 11 is 6.08. The molecule has 0 heterocycles. The molecule has 0 aliphatic heterocycles. The van der Waals surface area contributed by atoms with Crippen LogP contribution in [-0.2, 0) is 9.59 Å². The molecule has 0 aliphatic rings. The number of carbonyl (C=O) groups is 2. The number of nitrogens with one attached hydrogen (secondary N) is 1. The van der Waals surface area contributed by atoms with Gasteiger partial charge in [0.25, 0.3) is 0 Å². The van der Waals surface area contributed by atoms with Crippen LogP contribution in [0, 0.1) is 0 Å². The van der Waals surface area contributed by atoms with Crippen LogP contribution in [0.1, 0.15) is 24.1 Å². The molecule has 0 radical (unpaired) electrons. The highest BCUT2D eigenvalue weighted by molar-refractivity contribution is 6.30. The van der Waals surface area contributed by atoms with Crippen LogP contribution in [0.25, 0.3) is 10.8 Å². The predicted octanol–water partition coefficient (Wildman–Crippen LogP) is 5.70. The van der Waals surface area contributed by atoms with Gasteiger partial charge in [-0.05, 0) is 46.7 Å². The van der Waals surface area contributed by atoms with Gasteiger partial charge in [0, 0.05) is 17.5 Å². The van der Waals surface area contributed by atoms with Crippen molar-refractivity contribution >= 4 is 34.2 Å². The Morgan fingerprint density at radius 3 is 2.30 bits per heavy atom. The molecule has 0 spiro atoms. The molecule has 0 unspecified atom stereocenters. The Morgan fingerprint density at radius 1 is 0.879 bits per heavy atom.